The summed E-state index contributed by atoms with van der Waals surface area (Å²) in [5.74, 6) is -1.33. The van der Waals surface area contributed by atoms with Gasteiger partial charge in [-0.15, -0.1) is 0 Å². The van der Waals surface area contributed by atoms with Crippen molar-refractivity contribution in [1.82, 2.24) is 5.32 Å². The lowest BCUT2D eigenvalue weighted by Crippen LogP contribution is -2.52. The Labute approximate surface area is 158 Å². The van der Waals surface area contributed by atoms with E-state index >= 15 is 0 Å². The first-order valence-corrected chi connectivity index (χ1v) is 8.90. The van der Waals surface area contributed by atoms with E-state index in [1.54, 1.807) is 24.3 Å². The fourth-order valence-corrected chi connectivity index (χ4v) is 3.41. The smallest absolute Gasteiger partial charge is 0.268 e. The minimum Gasteiger partial charge on any atom is -0.372 e. The van der Waals surface area contributed by atoms with Crippen LogP contribution in [0, 0.1) is 0 Å². The molecular formula is C18H16BrClN2O3. The molecule has 1 aliphatic rings. The quantitative estimate of drug-likeness (QED) is 0.743. The number of nitrogens with zero attached hydrogens (tertiary/aromatic N) is 1. The van der Waals surface area contributed by atoms with Crippen molar-refractivity contribution in [3.05, 3.63) is 63.6 Å². The second-order valence-electron chi connectivity index (χ2n) is 5.86. The minimum atomic E-state index is -2.06. The number of benzene rings is 2. The van der Waals surface area contributed by atoms with Gasteiger partial charge in [-0.2, -0.15) is 0 Å². The van der Waals surface area contributed by atoms with E-state index in [4.69, 9.17) is 11.6 Å². The van der Waals surface area contributed by atoms with E-state index in [9.17, 15) is 14.7 Å². The Morgan fingerprint density at radius 1 is 1.28 bits per heavy atom. The van der Waals surface area contributed by atoms with Crippen LogP contribution in [0.15, 0.2) is 53.0 Å². The van der Waals surface area contributed by atoms with Crippen LogP contribution in [0.25, 0.3) is 0 Å². The number of hydrogen-bond acceptors (Lipinski definition) is 3. The summed E-state index contributed by atoms with van der Waals surface area (Å²) < 4.78 is 0.891. The van der Waals surface area contributed by atoms with Crippen LogP contribution in [0.2, 0.25) is 5.02 Å². The first-order chi connectivity index (χ1) is 11.9. The van der Waals surface area contributed by atoms with Crippen molar-refractivity contribution in [2.24, 2.45) is 0 Å². The standard InChI is InChI=1S/C18H16BrClN2O3/c19-13-4-1-3-12(9-13)11-21-16(23)18(25)7-8-22(17(18)24)15-6-2-5-14(20)10-15/h1-6,9-10,25H,7-8,11H2,(H,21,23)/t18-/m1/s1. The first kappa shape index (κ1) is 17.9. The Morgan fingerprint density at radius 2 is 2.04 bits per heavy atom. The number of aliphatic hydroxyl groups is 1. The van der Waals surface area contributed by atoms with Crippen LogP contribution in [0.5, 0.6) is 0 Å². The number of anilines is 1. The summed E-state index contributed by atoms with van der Waals surface area (Å²) in [5.41, 5.74) is -0.634. The van der Waals surface area contributed by atoms with Gasteiger partial charge in [-0.1, -0.05) is 45.7 Å². The molecule has 130 valence electrons. The van der Waals surface area contributed by atoms with Crippen LogP contribution in [-0.4, -0.2) is 29.1 Å². The highest BCUT2D eigenvalue weighted by molar-refractivity contribution is 9.10. The largest absolute Gasteiger partial charge is 0.372 e. The normalized spacial score (nSPS) is 20.0. The molecule has 2 aromatic rings. The van der Waals surface area contributed by atoms with Crippen molar-refractivity contribution in [3.8, 4) is 0 Å². The third kappa shape index (κ3) is 3.71. The zero-order valence-corrected chi connectivity index (χ0v) is 15.5. The summed E-state index contributed by atoms with van der Waals surface area (Å²) in [4.78, 5) is 26.4. The zero-order valence-electron chi connectivity index (χ0n) is 13.2. The molecule has 0 bridgehead atoms. The van der Waals surface area contributed by atoms with Crippen LogP contribution >= 0.6 is 27.5 Å². The molecule has 0 saturated carbocycles. The summed E-state index contributed by atoms with van der Waals surface area (Å²) in [6.45, 7) is 0.477. The van der Waals surface area contributed by atoms with E-state index in [1.807, 2.05) is 24.3 Å². The predicted molar refractivity (Wildman–Crippen MR) is 99.4 cm³/mol. The molecule has 7 heteroatoms. The topological polar surface area (TPSA) is 69.6 Å². The summed E-state index contributed by atoms with van der Waals surface area (Å²) in [7, 11) is 0. The van der Waals surface area contributed by atoms with Crippen LogP contribution in [-0.2, 0) is 16.1 Å². The Bertz CT molecular complexity index is 829. The Kier molecular flexibility index (Phi) is 5.13. The zero-order chi connectivity index (χ0) is 18.0. The van der Waals surface area contributed by atoms with Crippen LogP contribution < -0.4 is 10.2 Å². The highest BCUT2D eigenvalue weighted by Gasteiger charge is 2.51. The van der Waals surface area contributed by atoms with E-state index in [2.05, 4.69) is 21.2 Å². The van der Waals surface area contributed by atoms with Gasteiger partial charge in [0.15, 0.2) is 0 Å². The number of halogens is 2. The second kappa shape index (κ2) is 7.15. The molecule has 1 fully saturated rings. The van der Waals surface area contributed by atoms with Gasteiger partial charge >= 0.3 is 0 Å². The highest BCUT2D eigenvalue weighted by atomic mass is 79.9. The number of nitrogens with one attached hydrogen (secondary N) is 1. The lowest BCUT2D eigenvalue weighted by Gasteiger charge is -2.22. The molecule has 0 radical (unpaired) electrons. The van der Waals surface area contributed by atoms with Crippen molar-refractivity contribution >= 4 is 45.0 Å². The fraction of sp³-hybridized carbons (Fsp3) is 0.222. The molecule has 3 rings (SSSR count). The summed E-state index contributed by atoms with van der Waals surface area (Å²) in [6, 6.07) is 14.2. The van der Waals surface area contributed by atoms with Gasteiger partial charge in [0.2, 0.25) is 5.60 Å². The monoisotopic (exact) mass is 422 g/mol. The first-order valence-electron chi connectivity index (χ1n) is 7.73. The minimum absolute atomic E-state index is 0.0304. The van der Waals surface area contributed by atoms with Gasteiger partial charge in [0.1, 0.15) is 0 Å². The van der Waals surface area contributed by atoms with Gasteiger partial charge in [-0.25, -0.2) is 0 Å². The van der Waals surface area contributed by atoms with Crippen molar-refractivity contribution < 1.29 is 14.7 Å². The van der Waals surface area contributed by atoms with E-state index in [-0.39, 0.29) is 19.5 Å². The van der Waals surface area contributed by atoms with Gasteiger partial charge in [-0.05, 0) is 35.9 Å². The molecule has 2 aromatic carbocycles. The third-order valence-corrected chi connectivity index (χ3v) is 4.86. The lowest BCUT2D eigenvalue weighted by molar-refractivity contribution is -0.149. The van der Waals surface area contributed by atoms with E-state index < -0.39 is 17.4 Å². The summed E-state index contributed by atoms with van der Waals surface area (Å²) >= 11 is 9.31. The molecule has 1 heterocycles. The molecule has 0 aliphatic carbocycles. The lowest BCUT2D eigenvalue weighted by atomic mass is 10.0. The van der Waals surface area contributed by atoms with Gasteiger partial charge in [-0.3, -0.25) is 9.59 Å². The second-order valence-corrected chi connectivity index (χ2v) is 7.21. The average molecular weight is 424 g/mol. The van der Waals surface area contributed by atoms with Crippen molar-refractivity contribution in [2.45, 2.75) is 18.6 Å². The summed E-state index contributed by atoms with van der Waals surface area (Å²) in [6.07, 6.45) is 0.0304. The van der Waals surface area contributed by atoms with Crippen LogP contribution in [0.3, 0.4) is 0 Å². The van der Waals surface area contributed by atoms with E-state index in [0.29, 0.717) is 10.7 Å². The number of hydrogen-bond donors (Lipinski definition) is 2. The molecule has 1 aliphatic heterocycles. The maximum Gasteiger partial charge on any atom is 0.268 e. The number of carbonyl (C=O) groups is 2. The Balaban J connectivity index is 1.71. The van der Waals surface area contributed by atoms with Crippen molar-refractivity contribution in [2.75, 3.05) is 11.4 Å². The molecular weight excluding hydrogens is 408 g/mol. The van der Waals surface area contributed by atoms with E-state index in [1.165, 1.54) is 4.90 Å². The number of carbonyl (C=O) groups excluding carboxylic acids is 2. The molecule has 2 N–H and O–H groups in total. The maximum absolute atomic E-state index is 12.6. The molecule has 1 saturated heterocycles. The fourth-order valence-electron chi connectivity index (χ4n) is 2.78. The SMILES string of the molecule is O=C(NCc1cccc(Br)c1)[C@]1(O)CCN(c2cccc(Cl)c2)C1=O. The Hall–Kier alpha value is -1.89. The van der Waals surface area contributed by atoms with Crippen LogP contribution in [0.1, 0.15) is 12.0 Å². The molecule has 2 amide bonds. The summed E-state index contributed by atoms with van der Waals surface area (Å²) in [5, 5.41) is 13.7. The van der Waals surface area contributed by atoms with E-state index in [0.717, 1.165) is 10.0 Å². The average Bonchev–Trinajstić information content (AvgIpc) is 2.89. The molecule has 0 aromatic heterocycles. The Morgan fingerprint density at radius 3 is 2.76 bits per heavy atom. The van der Waals surface area contributed by atoms with Crippen molar-refractivity contribution in [3.63, 3.8) is 0 Å². The third-order valence-electron chi connectivity index (χ3n) is 4.13. The van der Waals surface area contributed by atoms with Gasteiger partial charge < -0.3 is 15.3 Å². The molecule has 5 nitrogen and oxygen atoms in total. The number of amides is 2. The maximum atomic E-state index is 12.6. The molecule has 0 spiro atoms. The van der Waals surface area contributed by atoms with Crippen molar-refractivity contribution in [1.29, 1.82) is 0 Å². The number of rotatable bonds is 4. The van der Waals surface area contributed by atoms with Gasteiger partial charge in [0.25, 0.3) is 11.8 Å². The van der Waals surface area contributed by atoms with Gasteiger partial charge in [0.05, 0.1) is 0 Å². The highest BCUT2D eigenvalue weighted by Crippen LogP contribution is 2.30. The van der Waals surface area contributed by atoms with Gasteiger partial charge in [0, 0.05) is 34.7 Å². The molecule has 1 atom stereocenters. The molecule has 25 heavy (non-hydrogen) atoms. The molecule has 0 unspecified atom stereocenters. The van der Waals surface area contributed by atoms with Crippen LogP contribution in [0.4, 0.5) is 5.69 Å². The predicted octanol–water partition coefficient (Wildman–Crippen LogP) is 2.89.